The fraction of sp³-hybridized carbons (Fsp3) is 0.500. The van der Waals surface area contributed by atoms with E-state index in [0.717, 1.165) is 12.3 Å². The van der Waals surface area contributed by atoms with E-state index in [1.807, 2.05) is 18.3 Å². The highest BCUT2D eigenvalue weighted by Gasteiger charge is 2.17. The Hall–Kier alpha value is -1.15. The van der Waals surface area contributed by atoms with Crippen LogP contribution in [-0.2, 0) is 6.42 Å². The molecule has 0 N–H and O–H groups in total. The Morgan fingerprint density at radius 1 is 1.50 bits per heavy atom. The Balaban J connectivity index is 1.95. The van der Waals surface area contributed by atoms with Gasteiger partial charge in [-0.1, -0.05) is 12.7 Å². The van der Waals surface area contributed by atoms with Gasteiger partial charge in [0.05, 0.1) is 0 Å². The summed E-state index contributed by atoms with van der Waals surface area (Å²) in [6.45, 7) is 6.25. The van der Waals surface area contributed by atoms with E-state index in [1.54, 1.807) is 0 Å². The molecule has 0 unspecified atom stereocenters. The van der Waals surface area contributed by atoms with Crippen molar-refractivity contribution in [1.29, 1.82) is 0 Å². The van der Waals surface area contributed by atoms with Crippen molar-refractivity contribution >= 4 is 6.08 Å². The molecule has 1 aliphatic rings. The van der Waals surface area contributed by atoms with Crippen molar-refractivity contribution in [1.82, 2.24) is 9.88 Å². The van der Waals surface area contributed by atoms with Crippen LogP contribution in [0.4, 0.5) is 0 Å². The zero-order valence-corrected chi connectivity index (χ0v) is 10.0. The molecular formula is C14H20N2. The Kier molecular flexibility index (Phi) is 3.73. The minimum atomic E-state index is 0.809. The zero-order valence-electron chi connectivity index (χ0n) is 10.0. The molecule has 2 heterocycles. The molecule has 2 rings (SSSR count). The van der Waals surface area contributed by atoms with Gasteiger partial charge in [0.15, 0.2) is 0 Å². The molecule has 2 nitrogen and oxygen atoms in total. The van der Waals surface area contributed by atoms with Crippen LogP contribution in [0.2, 0.25) is 0 Å². The van der Waals surface area contributed by atoms with Crippen molar-refractivity contribution < 1.29 is 0 Å². The minimum Gasteiger partial charge on any atom is -0.306 e. The number of pyridine rings is 1. The lowest BCUT2D eigenvalue weighted by molar-refractivity contribution is 0.218. The molecule has 0 aromatic carbocycles. The Morgan fingerprint density at radius 2 is 2.25 bits per heavy atom. The SMILES string of the molecule is C=Cc1ccnc(CC2CCN(C)CC2)c1. The van der Waals surface area contributed by atoms with Gasteiger partial charge in [0, 0.05) is 11.9 Å². The molecule has 1 aliphatic heterocycles. The summed E-state index contributed by atoms with van der Waals surface area (Å²) in [5.41, 5.74) is 2.39. The van der Waals surface area contributed by atoms with Gasteiger partial charge in [-0.2, -0.15) is 0 Å². The fourth-order valence-corrected chi connectivity index (χ4v) is 2.30. The zero-order chi connectivity index (χ0) is 11.4. The quantitative estimate of drug-likeness (QED) is 0.772. The molecule has 0 saturated carbocycles. The topological polar surface area (TPSA) is 16.1 Å². The average Bonchev–Trinajstić information content (AvgIpc) is 2.32. The van der Waals surface area contributed by atoms with Crippen LogP contribution in [0.3, 0.4) is 0 Å². The second-order valence-corrected chi connectivity index (χ2v) is 4.74. The van der Waals surface area contributed by atoms with E-state index in [0.29, 0.717) is 0 Å². The largest absolute Gasteiger partial charge is 0.306 e. The molecule has 0 atom stereocenters. The van der Waals surface area contributed by atoms with Gasteiger partial charge in [0.25, 0.3) is 0 Å². The highest BCUT2D eigenvalue weighted by Crippen LogP contribution is 2.20. The number of hydrogen-bond donors (Lipinski definition) is 0. The summed E-state index contributed by atoms with van der Waals surface area (Å²) in [6.07, 6.45) is 7.50. The third-order valence-electron chi connectivity index (χ3n) is 3.41. The molecule has 16 heavy (non-hydrogen) atoms. The molecule has 86 valence electrons. The molecule has 0 spiro atoms. The van der Waals surface area contributed by atoms with Crippen molar-refractivity contribution in [3.05, 3.63) is 36.2 Å². The summed E-state index contributed by atoms with van der Waals surface area (Å²) >= 11 is 0. The summed E-state index contributed by atoms with van der Waals surface area (Å²) in [5.74, 6) is 0.809. The lowest BCUT2D eigenvalue weighted by atomic mass is 9.92. The molecule has 1 aromatic rings. The number of aromatic nitrogens is 1. The smallest absolute Gasteiger partial charge is 0.0412 e. The molecule has 0 amide bonds. The van der Waals surface area contributed by atoms with Crippen LogP contribution in [0.5, 0.6) is 0 Å². The van der Waals surface area contributed by atoms with Gasteiger partial charge < -0.3 is 4.90 Å². The summed E-state index contributed by atoms with van der Waals surface area (Å²) in [5, 5.41) is 0. The highest BCUT2D eigenvalue weighted by molar-refractivity contribution is 5.46. The van der Waals surface area contributed by atoms with E-state index < -0.39 is 0 Å². The van der Waals surface area contributed by atoms with Gasteiger partial charge in [0.2, 0.25) is 0 Å². The Morgan fingerprint density at radius 3 is 2.94 bits per heavy atom. The predicted octanol–water partition coefficient (Wildman–Crippen LogP) is 2.61. The first-order valence-electron chi connectivity index (χ1n) is 6.04. The standard InChI is InChI=1S/C14H20N2/c1-3-12-4-7-15-14(10-12)11-13-5-8-16(2)9-6-13/h3-4,7,10,13H,1,5-6,8-9,11H2,2H3. The first kappa shape index (κ1) is 11.3. The van der Waals surface area contributed by atoms with Crippen LogP contribution in [0.15, 0.2) is 24.9 Å². The molecule has 0 bridgehead atoms. The molecular weight excluding hydrogens is 196 g/mol. The van der Waals surface area contributed by atoms with E-state index in [1.165, 1.54) is 37.2 Å². The van der Waals surface area contributed by atoms with Crippen molar-refractivity contribution in [2.75, 3.05) is 20.1 Å². The molecule has 0 radical (unpaired) electrons. The van der Waals surface area contributed by atoms with Gasteiger partial charge >= 0.3 is 0 Å². The van der Waals surface area contributed by atoms with E-state index in [-0.39, 0.29) is 0 Å². The summed E-state index contributed by atoms with van der Waals surface area (Å²) in [7, 11) is 2.20. The maximum Gasteiger partial charge on any atom is 0.0412 e. The van der Waals surface area contributed by atoms with E-state index in [4.69, 9.17) is 0 Å². The van der Waals surface area contributed by atoms with Gasteiger partial charge in [-0.25, -0.2) is 0 Å². The summed E-state index contributed by atoms with van der Waals surface area (Å²) in [4.78, 5) is 6.85. The van der Waals surface area contributed by atoms with Crippen LogP contribution < -0.4 is 0 Å². The van der Waals surface area contributed by atoms with E-state index in [9.17, 15) is 0 Å². The Bertz CT molecular complexity index is 352. The van der Waals surface area contributed by atoms with Gasteiger partial charge in [-0.05, 0) is 63.0 Å². The van der Waals surface area contributed by atoms with Crippen molar-refractivity contribution in [3.8, 4) is 0 Å². The minimum absolute atomic E-state index is 0.809. The van der Waals surface area contributed by atoms with Crippen LogP contribution in [0.25, 0.3) is 6.08 Å². The molecule has 1 fully saturated rings. The normalized spacial score (nSPS) is 18.6. The van der Waals surface area contributed by atoms with Crippen LogP contribution in [-0.4, -0.2) is 30.0 Å². The third-order valence-corrected chi connectivity index (χ3v) is 3.41. The average molecular weight is 216 g/mol. The molecule has 1 aromatic heterocycles. The molecule has 1 saturated heterocycles. The first-order valence-corrected chi connectivity index (χ1v) is 6.04. The maximum atomic E-state index is 4.44. The van der Waals surface area contributed by atoms with Crippen molar-refractivity contribution in [3.63, 3.8) is 0 Å². The third kappa shape index (κ3) is 2.92. The molecule has 2 heteroatoms. The highest BCUT2D eigenvalue weighted by atomic mass is 15.1. The van der Waals surface area contributed by atoms with Crippen molar-refractivity contribution in [2.45, 2.75) is 19.3 Å². The first-order chi connectivity index (χ1) is 7.78. The summed E-state index contributed by atoms with van der Waals surface area (Å²) in [6, 6.07) is 4.16. The summed E-state index contributed by atoms with van der Waals surface area (Å²) < 4.78 is 0. The predicted molar refractivity (Wildman–Crippen MR) is 68.3 cm³/mol. The number of hydrogen-bond acceptors (Lipinski definition) is 2. The van der Waals surface area contributed by atoms with Crippen LogP contribution >= 0.6 is 0 Å². The van der Waals surface area contributed by atoms with Gasteiger partial charge in [0.1, 0.15) is 0 Å². The van der Waals surface area contributed by atoms with Crippen molar-refractivity contribution in [2.24, 2.45) is 5.92 Å². The number of piperidine rings is 1. The lowest BCUT2D eigenvalue weighted by Gasteiger charge is -2.28. The van der Waals surface area contributed by atoms with E-state index >= 15 is 0 Å². The van der Waals surface area contributed by atoms with Gasteiger partial charge in [-0.3, -0.25) is 4.98 Å². The van der Waals surface area contributed by atoms with Gasteiger partial charge in [-0.15, -0.1) is 0 Å². The Labute approximate surface area is 98.0 Å². The van der Waals surface area contributed by atoms with Crippen LogP contribution in [0.1, 0.15) is 24.1 Å². The number of likely N-dealkylation sites (tertiary alicyclic amines) is 1. The van der Waals surface area contributed by atoms with E-state index in [2.05, 4.69) is 29.6 Å². The second kappa shape index (κ2) is 5.26. The molecule has 0 aliphatic carbocycles. The number of rotatable bonds is 3. The monoisotopic (exact) mass is 216 g/mol. The van der Waals surface area contributed by atoms with Crippen LogP contribution in [0, 0.1) is 5.92 Å². The maximum absolute atomic E-state index is 4.44. The fourth-order valence-electron chi connectivity index (χ4n) is 2.30. The lowest BCUT2D eigenvalue weighted by Crippen LogP contribution is -2.31. The number of nitrogens with zero attached hydrogens (tertiary/aromatic N) is 2. The second-order valence-electron chi connectivity index (χ2n) is 4.74.